The molecule has 0 aromatic heterocycles. The average Bonchev–Trinajstić information content (AvgIpc) is 3.49. The first-order chi connectivity index (χ1) is 19.8. The van der Waals surface area contributed by atoms with Gasteiger partial charge in [-0.1, -0.05) is 45.4 Å². The van der Waals surface area contributed by atoms with Crippen LogP contribution in [0.2, 0.25) is 0 Å². The van der Waals surface area contributed by atoms with Crippen LogP contribution in [0.3, 0.4) is 0 Å². The predicted molar refractivity (Wildman–Crippen MR) is 167 cm³/mol. The van der Waals surface area contributed by atoms with Crippen LogP contribution in [0.4, 0.5) is 0 Å². The van der Waals surface area contributed by atoms with Crippen molar-refractivity contribution in [2.75, 3.05) is 7.11 Å². The molecular weight excluding hydrogens is 522 g/mol. The molecule has 10 atom stereocenters. The minimum absolute atomic E-state index is 0.0307. The summed E-state index contributed by atoms with van der Waals surface area (Å²) in [5.74, 6) is 2.97. The number of cyclic esters (lactones) is 1. The molecule has 232 valence electrons. The summed E-state index contributed by atoms with van der Waals surface area (Å²) < 4.78 is 11.1. The van der Waals surface area contributed by atoms with Gasteiger partial charge in [-0.2, -0.15) is 0 Å². The number of esters is 1. The van der Waals surface area contributed by atoms with Crippen molar-refractivity contribution >= 4 is 5.97 Å². The summed E-state index contributed by atoms with van der Waals surface area (Å²) in [5.41, 5.74) is 1.95. The summed E-state index contributed by atoms with van der Waals surface area (Å²) in [4.78, 5) is 13.1. The number of ether oxygens (including phenoxy) is 2. The molecule has 1 saturated heterocycles. The molecule has 5 nitrogen and oxygen atoms in total. The number of rotatable bonds is 6. The summed E-state index contributed by atoms with van der Waals surface area (Å²) in [5, 5.41) is 15.8. The minimum atomic E-state index is -1.32. The topological polar surface area (TPSA) is 67.8 Å². The largest absolute Gasteiger partial charge is 0.497 e. The summed E-state index contributed by atoms with van der Waals surface area (Å²) >= 11 is 0. The molecule has 1 aromatic rings. The zero-order chi connectivity index (χ0) is 30.1. The molecule has 0 spiro atoms. The van der Waals surface area contributed by atoms with Gasteiger partial charge in [0, 0.05) is 24.9 Å². The fourth-order valence-corrected chi connectivity index (χ4v) is 11.7. The van der Waals surface area contributed by atoms with E-state index in [1.807, 2.05) is 19.9 Å². The van der Waals surface area contributed by atoms with Crippen molar-refractivity contribution in [3.05, 3.63) is 41.5 Å². The maximum atomic E-state index is 13.1. The number of benzene rings is 1. The van der Waals surface area contributed by atoms with Crippen molar-refractivity contribution in [2.45, 2.75) is 124 Å². The van der Waals surface area contributed by atoms with Crippen LogP contribution in [0.15, 0.2) is 35.9 Å². The number of methoxy groups -OCH3 is 1. The molecule has 4 saturated carbocycles. The number of hydrogen-bond acceptors (Lipinski definition) is 5. The van der Waals surface area contributed by atoms with E-state index in [0.29, 0.717) is 41.5 Å². The second-order valence-corrected chi connectivity index (χ2v) is 16.1. The third-order valence-corrected chi connectivity index (χ3v) is 13.6. The number of carbonyl (C=O) groups is 1. The maximum Gasteiger partial charge on any atom is 0.339 e. The number of hydrogen-bond donors (Lipinski definition) is 2. The molecule has 1 aliphatic heterocycles. The first-order valence-electron chi connectivity index (χ1n) is 16.8. The van der Waals surface area contributed by atoms with Gasteiger partial charge in [-0.3, -0.25) is 0 Å². The Morgan fingerprint density at radius 3 is 2.33 bits per heavy atom. The van der Waals surface area contributed by atoms with E-state index in [2.05, 4.69) is 57.3 Å². The Bertz CT molecular complexity index is 1200. The Hall–Kier alpha value is -1.85. The molecule has 1 heterocycles. The molecule has 1 aromatic carbocycles. The van der Waals surface area contributed by atoms with E-state index in [0.717, 1.165) is 37.1 Å². The molecule has 42 heavy (non-hydrogen) atoms. The third kappa shape index (κ3) is 4.67. The summed E-state index contributed by atoms with van der Waals surface area (Å²) in [7, 11) is 1.72. The Kier molecular flexibility index (Phi) is 7.65. The van der Waals surface area contributed by atoms with E-state index in [1.54, 1.807) is 7.11 Å². The van der Waals surface area contributed by atoms with Crippen molar-refractivity contribution in [1.29, 1.82) is 0 Å². The number of aliphatic hydroxyl groups is 1. The highest BCUT2D eigenvalue weighted by Gasteiger charge is 2.67. The maximum absolute atomic E-state index is 13.1. The number of allylic oxidation sites excluding steroid dienone is 1. The monoisotopic (exact) mass is 577 g/mol. The van der Waals surface area contributed by atoms with Crippen LogP contribution in [-0.2, 0) is 16.1 Å². The zero-order valence-corrected chi connectivity index (χ0v) is 27.2. The molecule has 6 rings (SSSR count). The fraction of sp³-hybridized carbons (Fsp3) is 0.757. The second-order valence-electron chi connectivity index (χ2n) is 16.1. The van der Waals surface area contributed by atoms with Crippen molar-refractivity contribution < 1.29 is 19.4 Å². The number of nitrogens with one attached hydrogen (secondary N) is 1. The molecule has 0 radical (unpaired) electrons. The average molecular weight is 578 g/mol. The van der Waals surface area contributed by atoms with Crippen LogP contribution < -0.4 is 10.1 Å². The number of carbonyl (C=O) groups excluding carboxylic acids is 1. The van der Waals surface area contributed by atoms with E-state index in [-0.39, 0.29) is 28.8 Å². The van der Waals surface area contributed by atoms with E-state index < -0.39 is 5.60 Å². The van der Waals surface area contributed by atoms with Crippen LogP contribution in [-0.4, -0.2) is 35.9 Å². The Balaban J connectivity index is 1.17. The molecule has 2 N–H and O–H groups in total. The normalized spacial score (nSPS) is 44.0. The van der Waals surface area contributed by atoms with E-state index in [1.165, 1.54) is 37.7 Å². The molecule has 0 bridgehead atoms. The highest BCUT2D eigenvalue weighted by Crippen LogP contribution is 2.72. The molecule has 5 fully saturated rings. The fourth-order valence-electron chi connectivity index (χ4n) is 11.7. The lowest BCUT2D eigenvalue weighted by Crippen LogP contribution is -2.63. The van der Waals surface area contributed by atoms with Gasteiger partial charge in [-0.25, -0.2) is 4.79 Å². The van der Waals surface area contributed by atoms with Crippen LogP contribution in [0.5, 0.6) is 5.75 Å². The summed E-state index contributed by atoms with van der Waals surface area (Å²) in [6.45, 7) is 15.3. The Morgan fingerprint density at radius 1 is 0.952 bits per heavy atom. The second kappa shape index (κ2) is 10.6. The van der Waals surface area contributed by atoms with Crippen LogP contribution >= 0.6 is 0 Å². The third-order valence-electron chi connectivity index (χ3n) is 13.6. The van der Waals surface area contributed by atoms with Gasteiger partial charge in [-0.15, -0.1) is 0 Å². The van der Waals surface area contributed by atoms with Gasteiger partial charge >= 0.3 is 5.97 Å². The Morgan fingerprint density at radius 2 is 1.64 bits per heavy atom. The standard InChI is InChI=1S/C37H55NO4/c1-23(2)20-26-21-37(40,33(39)42-26)29-14-13-28-27(29)12-15-31-35(28,5)18-16-30-34(3,4)32(17-19-36(30,31)6)38-22-24-8-10-25(41-7)11-9-24/h8-11,20,26-32,38,40H,12-19,21-22H2,1-7H3/t26-,27+,28-,29+,30+,31+,32?,35+,36+,37+/m1/s1. The van der Waals surface area contributed by atoms with Crippen molar-refractivity contribution in [3.63, 3.8) is 0 Å². The highest BCUT2D eigenvalue weighted by molar-refractivity contribution is 5.82. The van der Waals surface area contributed by atoms with Crippen LogP contribution in [0.25, 0.3) is 0 Å². The van der Waals surface area contributed by atoms with Gasteiger partial charge in [0.15, 0.2) is 5.60 Å². The smallest absolute Gasteiger partial charge is 0.339 e. The molecule has 5 heteroatoms. The summed E-state index contributed by atoms with van der Waals surface area (Å²) in [6, 6.07) is 8.97. The van der Waals surface area contributed by atoms with Gasteiger partial charge in [0.25, 0.3) is 0 Å². The van der Waals surface area contributed by atoms with Crippen molar-refractivity contribution in [1.82, 2.24) is 5.32 Å². The lowest BCUT2D eigenvalue weighted by molar-refractivity contribution is -0.186. The van der Waals surface area contributed by atoms with Crippen LogP contribution in [0, 0.1) is 45.8 Å². The van der Waals surface area contributed by atoms with E-state index in [9.17, 15) is 9.90 Å². The van der Waals surface area contributed by atoms with Gasteiger partial charge in [0.2, 0.25) is 0 Å². The van der Waals surface area contributed by atoms with Crippen LogP contribution in [0.1, 0.15) is 105 Å². The molecule has 1 unspecified atom stereocenters. The first kappa shape index (κ1) is 30.2. The SMILES string of the molecule is COc1ccc(CNC2CC[C@]3(C)[C@H]4CC[C@H]5[C@@H](CC[C@@H]5[C@@]5(O)C[C@@H](C=C(C)C)OC5=O)[C@]4(C)CC[C@H]3C2(C)C)cc1. The lowest BCUT2D eigenvalue weighted by atomic mass is 9.38. The Labute approximate surface area is 254 Å². The molecule has 4 aliphatic carbocycles. The van der Waals surface area contributed by atoms with Crippen molar-refractivity contribution in [3.8, 4) is 5.75 Å². The van der Waals surface area contributed by atoms with Gasteiger partial charge < -0.3 is 19.9 Å². The highest BCUT2D eigenvalue weighted by atomic mass is 16.6. The predicted octanol–water partition coefficient (Wildman–Crippen LogP) is 7.46. The quantitative estimate of drug-likeness (QED) is 0.271. The lowest BCUT2D eigenvalue weighted by Gasteiger charge is -2.67. The van der Waals surface area contributed by atoms with E-state index in [4.69, 9.17) is 9.47 Å². The first-order valence-corrected chi connectivity index (χ1v) is 16.8. The molecular formula is C37H55NO4. The van der Waals surface area contributed by atoms with Gasteiger partial charge in [0.05, 0.1) is 7.11 Å². The van der Waals surface area contributed by atoms with E-state index >= 15 is 0 Å². The van der Waals surface area contributed by atoms with Gasteiger partial charge in [-0.05, 0) is 129 Å². The molecule has 0 amide bonds. The van der Waals surface area contributed by atoms with Gasteiger partial charge in [0.1, 0.15) is 11.9 Å². The van der Waals surface area contributed by atoms with Crippen molar-refractivity contribution in [2.24, 2.45) is 45.8 Å². The number of fused-ring (bicyclic) bond motifs is 5. The summed E-state index contributed by atoms with van der Waals surface area (Å²) in [6.07, 6.45) is 11.6. The minimum Gasteiger partial charge on any atom is -0.497 e. The molecule has 5 aliphatic rings. The zero-order valence-electron chi connectivity index (χ0n) is 27.2.